The van der Waals surface area contributed by atoms with Crippen molar-refractivity contribution >= 4 is 23.4 Å². The Morgan fingerprint density at radius 2 is 1.97 bits per heavy atom. The third kappa shape index (κ3) is 4.56. The molecule has 2 aromatic heterocycles. The van der Waals surface area contributed by atoms with E-state index in [1.54, 1.807) is 11.1 Å². The van der Waals surface area contributed by atoms with Gasteiger partial charge in [0.05, 0.1) is 30.7 Å². The Labute approximate surface area is 174 Å². The first-order valence-corrected chi connectivity index (χ1v) is 9.68. The second-order valence-corrected chi connectivity index (χ2v) is 7.52. The molecule has 9 heteroatoms. The van der Waals surface area contributed by atoms with E-state index in [4.69, 9.17) is 10.5 Å². The zero-order valence-corrected chi connectivity index (χ0v) is 17.2. The molecule has 1 saturated heterocycles. The molecule has 3 rings (SSSR count). The van der Waals surface area contributed by atoms with Crippen molar-refractivity contribution in [1.82, 2.24) is 14.9 Å². The van der Waals surface area contributed by atoms with Crippen LogP contribution in [-0.2, 0) is 9.59 Å². The van der Waals surface area contributed by atoms with Crippen LogP contribution in [0.2, 0.25) is 0 Å². The number of methoxy groups -OCH3 is 1. The molecule has 3 N–H and O–H groups in total. The Morgan fingerprint density at radius 3 is 2.60 bits per heavy atom. The number of hydrogen-bond acceptors (Lipinski definition) is 6. The number of hydrogen-bond donors (Lipinski definition) is 2. The number of amides is 3. The number of piperidine rings is 1. The van der Waals surface area contributed by atoms with Gasteiger partial charge >= 0.3 is 11.8 Å². The van der Waals surface area contributed by atoms with Crippen molar-refractivity contribution in [2.75, 3.05) is 19.0 Å². The lowest BCUT2D eigenvalue weighted by Crippen LogP contribution is -2.46. The number of ether oxygens (including phenoxy) is 1. The molecular formula is C21H25N5O4. The number of nitrogens with two attached hydrogens (primary N) is 1. The van der Waals surface area contributed by atoms with Gasteiger partial charge in [-0.25, -0.2) is 4.98 Å². The van der Waals surface area contributed by atoms with Crippen LogP contribution in [0.3, 0.4) is 0 Å². The second-order valence-electron chi connectivity index (χ2n) is 7.52. The molecule has 1 aliphatic heterocycles. The highest BCUT2D eigenvalue weighted by Gasteiger charge is 2.35. The van der Waals surface area contributed by atoms with Crippen molar-refractivity contribution in [1.29, 1.82) is 0 Å². The topological polar surface area (TPSA) is 128 Å². The van der Waals surface area contributed by atoms with E-state index in [2.05, 4.69) is 15.3 Å². The molecule has 9 nitrogen and oxygen atoms in total. The summed E-state index contributed by atoms with van der Waals surface area (Å²) >= 11 is 0. The fourth-order valence-electron chi connectivity index (χ4n) is 3.54. The molecule has 2 aromatic rings. The van der Waals surface area contributed by atoms with Crippen LogP contribution in [0.5, 0.6) is 5.88 Å². The van der Waals surface area contributed by atoms with Gasteiger partial charge in [-0.05, 0) is 43.4 Å². The van der Waals surface area contributed by atoms with E-state index in [0.29, 0.717) is 6.54 Å². The number of likely N-dealkylation sites (tertiary alicyclic amines) is 1. The Morgan fingerprint density at radius 1 is 1.20 bits per heavy atom. The summed E-state index contributed by atoms with van der Waals surface area (Å²) in [6.07, 6.45) is 4.72. The maximum Gasteiger partial charge on any atom is 0.313 e. The summed E-state index contributed by atoms with van der Waals surface area (Å²) in [5.41, 5.74) is 7.29. The van der Waals surface area contributed by atoms with Gasteiger partial charge in [-0.2, -0.15) is 0 Å². The molecule has 0 radical (unpaired) electrons. The van der Waals surface area contributed by atoms with E-state index >= 15 is 0 Å². The SMILES string of the molecule is COc1ncc(NC(=O)C(=O)N2C[C@@H](C)CC[C@@H]2c2ccc(C)cn2)cc1C(N)=O. The number of nitrogens with zero attached hydrogens (tertiary/aromatic N) is 3. The molecule has 0 unspecified atom stereocenters. The summed E-state index contributed by atoms with van der Waals surface area (Å²) in [5.74, 6) is -1.92. The number of anilines is 1. The summed E-state index contributed by atoms with van der Waals surface area (Å²) in [4.78, 5) is 47.2. The van der Waals surface area contributed by atoms with Gasteiger partial charge in [0, 0.05) is 12.7 Å². The van der Waals surface area contributed by atoms with Crippen molar-refractivity contribution in [2.24, 2.45) is 11.7 Å². The Balaban J connectivity index is 1.80. The predicted molar refractivity (Wildman–Crippen MR) is 110 cm³/mol. The first kappa shape index (κ1) is 21.2. The average Bonchev–Trinajstić information content (AvgIpc) is 2.73. The fraction of sp³-hybridized carbons (Fsp3) is 0.381. The van der Waals surface area contributed by atoms with Crippen LogP contribution in [0.4, 0.5) is 5.69 Å². The summed E-state index contributed by atoms with van der Waals surface area (Å²) in [7, 11) is 1.35. The molecule has 1 fully saturated rings. The van der Waals surface area contributed by atoms with Gasteiger partial charge in [0.1, 0.15) is 5.56 Å². The van der Waals surface area contributed by atoms with E-state index in [1.807, 2.05) is 26.0 Å². The minimum atomic E-state index is -0.816. The van der Waals surface area contributed by atoms with E-state index in [9.17, 15) is 14.4 Å². The molecule has 158 valence electrons. The summed E-state index contributed by atoms with van der Waals surface area (Å²) in [6.45, 7) is 4.45. The highest BCUT2D eigenvalue weighted by atomic mass is 16.5. The van der Waals surface area contributed by atoms with Gasteiger partial charge in [0.2, 0.25) is 5.88 Å². The molecule has 0 aromatic carbocycles. The second kappa shape index (κ2) is 8.89. The van der Waals surface area contributed by atoms with Gasteiger partial charge in [0.25, 0.3) is 5.91 Å². The number of aryl methyl sites for hydroxylation is 1. The summed E-state index contributed by atoms with van der Waals surface area (Å²) in [6, 6.07) is 4.89. The van der Waals surface area contributed by atoms with Crippen LogP contribution >= 0.6 is 0 Å². The molecule has 3 heterocycles. The van der Waals surface area contributed by atoms with Crippen molar-refractivity contribution < 1.29 is 19.1 Å². The van der Waals surface area contributed by atoms with Gasteiger partial charge in [-0.3, -0.25) is 19.4 Å². The number of nitrogens with one attached hydrogen (secondary N) is 1. The number of aromatic nitrogens is 2. The maximum absolute atomic E-state index is 13.0. The highest BCUT2D eigenvalue weighted by molar-refractivity contribution is 6.39. The summed E-state index contributed by atoms with van der Waals surface area (Å²) in [5, 5.41) is 2.51. The van der Waals surface area contributed by atoms with Gasteiger partial charge in [0.15, 0.2) is 0 Å². The molecular weight excluding hydrogens is 386 g/mol. The van der Waals surface area contributed by atoms with Gasteiger partial charge in [-0.15, -0.1) is 0 Å². The van der Waals surface area contributed by atoms with Crippen LogP contribution in [0.15, 0.2) is 30.6 Å². The van der Waals surface area contributed by atoms with Crippen molar-refractivity contribution in [2.45, 2.75) is 32.7 Å². The van der Waals surface area contributed by atoms with E-state index in [1.165, 1.54) is 19.4 Å². The van der Waals surface area contributed by atoms with Crippen LogP contribution in [-0.4, -0.2) is 46.2 Å². The van der Waals surface area contributed by atoms with Crippen LogP contribution in [0, 0.1) is 12.8 Å². The average molecular weight is 411 g/mol. The lowest BCUT2D eigenvalue weighted by Gasteiger charge is -2.38. The number of pyridine rings is 2. The number of carbonyl (C=O) groups excluding carboxylic acids is 3. The summed E-state index contributed by atoms with van der Waals surface area (Å²) < 4.78 is 4.99. The third-order valence-electron chi connectivity index (χ3n) is 5.12. The quantitative estimate of drug-likeness (QED) is 0.739. The fourth-order valence-corrected chi connectivity index (χ4v) is 3.54. The molecule has 0 spiro atoms. The van der Waals surface area contributed by atoms with E-state index in [-0.39, 0.29) is 29.1 Å². The molecule has 2 atom stereocenters. The zero-order valence-electron chi connectivity index (χ0n) is 17.2. The molecule has 0 aliphatic carbocycles. The van der Waals surface area contributed by atoms with Gasteiger partial charge < -0.3 is 20.7 Å². The largest absolute Gasteiger partial charge is 0.480 e. The molecule has 30 heavy (non-hydrogen) atoms. The predicted octanol–water partition coefficient (Wildman–Crippen LogP) is 1.83. The number of carbonyl (C=O) groups is 3. The van der Waals surface area contributed by atoms with Crippen molar-refractivity contribution in [3.05, 3.63) is 47.4 Å². The highest BCUT2D eigenvalue weighted by Crippen LogP contribution is 2.32. The normalized spacial score (nSPS) is 18.6. The Hall–Kier alpha value is -3.49. The van der Waals surface area contributed by atoms with E-state index < -0.39 is 17.7 Å². The minimum absolute atomic E-state index is 0.0103. The first-order valence-electron chi connectivity index (χ1n) is 9.68. The Kier molecular flexibility index (Phi) is 6.29. The molecule has 0 bridgehead atoms. The van der Waals surface area contributed by atoms with Crippen LogP contribution in [0.25, 0.3) is 0 Å². The maximum atomic E-state index is 13.0. The van der Waals surface area contributed by atoms with Crippen LogP contribution in [0.1, 0.15) is 47.4 Å². The van der Waals surface area contributed by atoms with Crippen LogP contribution < -0.4 is 15.8 Å². The molecule has 0 saturated carbocycles. The number of rotatable bonds is 4. The van der Waals surface area contributed by atoms with Crippen molar-refractivity contribution in [3.63, 3.8) is 0 Å². The Bertz CT molecular complexity index is 960. The van der Waals surface area contributed by atoms with E-state index in [0.717, 1.165) is 24.1 Å². The zero-order chi connectivity index (χ0) is 21.8. The monoisotopic (exact) mass is 411 g/mol. The lowest BCUT2D eigenvalue weighted by molar-refractivity contribution is -0.146. The standard InChI is InChI=1S/C21H25N5O4/c1-12-4-6-16(23-9-12)17-7-5-13(2)11-26(17)21(29)19(28)25-14-8-15(18(22)27)20(30-3)24-10-14/h4,6,8-10,13,17H,5,7,11H2,1-3H3,(H2,22,27)(H,25,28)/t13-,17+/m0/s1. The molecule has 1 aliphatic rings. The molecule has 3 amide bonds. The number of primary amides is 1. The van der Waals surface area contributed by atoms with Gasteiger partial charge in [-0.1, -0.05) is 13.0 Å². The first-order chi connectivity index (χ1) is 14.3. The smallest absolute Gasteiger partial charge is 0.313 e. The van der Waals surface area contributed by atoms with Crippen molar-refractivity contribution in [3.8, 4) is 5.88 Å². The minimum Gasteiger partial charge on any atom is -0.480 e. The third-order valence-corrected chi connectivity index (χ3v) is 5.12. The lowest BCUT2D eigenvalue weighted by atomic mass is 9.92.